The number of methoxy groups -OCH3 is 1. The average molecular weight is 305 g/mol. The SMILES string of the molecule is COCCN1CCC(NC(=O)NCCc2ccc(C)cc2)C1. The highest BCUT2D eigenvalue weighted by molar-refractivity contribution is 5.74. The summed E-state index contributed by atoms with van der Waals surface area (Å²) in [7, 11) is 1.72. The fourth-order valence-electron chi connectivity index (χ4n) is 2.69. The van der Waals surface area contributed by atoms with Gasteiger partial charge >= 0.3 is 6.03 Å². The van der Waals surface area contributed by atoms with Crippen molar-refractivity contribution in [1.29, 1.82) is 0 Å². The number of rotatable bonds is 7. The molecule has 1 aromatic rings. The largest absolute Gasteiger partial charge is 0.383 e. The summed E-state index contributed by atoms with van der Waals surface area (Å²) in [6.45, 7) is 6.35. The number of aryl methyl sites for hydroxylation is 1. The third-order valence-electron chi connectivity index (χ3n) is 4.04. The van der Waals surface area contributed by atoms with Crippen LogP contribution in [-0.2, 0) is 11.2 Å². The van der Waals surface area contributed by atoms with Gasteiger partial charge in [0.15, 0.2) is 0 Å². The van der Waals surface area contributed by atoms with Gasteiger partial charge in [0.2, 0.25) is 0 Å². The number of nitrogens with zero attached hydrogens (tertiary/aromatic N) is 1. The van der Waals surface area contributed by atoms with Crippen molar-refractivity contribution < 1.29 is 9.53 Å². The highest BCUT2D eigenvalue weighted by Gasteiger charge is 2.23. The van der Waals surface area contributed by atoms with Gasteiger partial charge in [-0.05, 0) is 25.3 Å². The van der Waals surface area contributed by atoms with Crippen molar-refractivity contribution in [1.82, 2.24) is 15.5 Å². The lowest BCUT2D eigenvalue weighted by atomic mass is 10.1. The second-order valence-electron chi connectivity index (χ2n) is 5.91. The Kier molecular flexibility index (Phi) is 6.68. The minimum absolute atomic E-state index is 0.0642. The number of likely N-dealkylation sites (tertiary alicyclic amines) is 1. The molecule has 5 heteroatoms. The van der Waals surface area contributed by atoms with Crippen LogP contribution >= 0.6 is 0 Å². The lowest BCUT2D eigenvalue weighted by Crippen LogP contribution is -2.44. The number of urea groups is 1. The number of carbonyl (C=O) groups is 1. The third kappa shape index (κ3) is 5.66. The summed E-state index contributed by atoms with van der Waals surface area (Å²) in [5.74, 6) is 0. The fraction of sp³-hybridized carbons (Fsp3) is 0.588. The van der Waals surface area contributed by atoms with Gasteiger partial charge in [-0.25, -0.2) is 4.79 Å². The molecule has 0 aromatic heterocycles. The van der Waals surface area contributed by atoms with Gasteiger partial charge in [-0.2, -0.15) is 0 Å². The van der Waals surface area contributed by atoms with Crippen LogP contribution in [0.2, 0.25) is 0 Å². The van der Waals surface area contributed by atoms with Crippen molar-refractivity contribution in [2.24, 2.45) is 0 Å². The number of nitrogens with one attached hydrogen (secondary N) is 2. The van der Waals surface area contributed by atoms with Crippen molar-refractivity contribution in [3.8, 4) is 0 Å². The number of amides is 2. The first-order chi connectivity index (χ1) is 10.7. The highest BCUT2D eigenvalue weighted by atomic mass is 16.5. The van der Waals surface area contributed by atoms with Gasteiger partial charge in [0.1, 0.15) is 0 Å². The van der Waals surface area contributed by atoms with Crippen LogP contribution in [0.25, 0.3) is 0 Å². The summed E-state index contributed by atoms with van der Waals surface area (Å²) in [6.07, 6.45) is 1.87. The lowest BCUT2D eigenvalue weighted by molar-refractivity contribution is 0.159. The van der Waals surface area contributed by atoms with Gasteiger partial charge in [0.25, 0.3) is 0 Å². The zero-order valence-electron chi connectivity index (χ0n) is 13.6. The lowest BCUT2D eigenvalue weighted by Gasteiger charge is -2.16. The van der Waals surface area contributed by atoms with Gasteiger partial charge in [0.05, 0.1) is 6.61 Å². The molecule has 2 rings (SSSR count). The predicted octanol–water partition coefficient (Wildman–Crippen LogP) is 1.56. The predicted molar refractivity (Wildman–Crippen MR) is 88.1 cm³/mol. The van der Waals surface area contributed by atoms with Crippen LogP contribution in [-0.4, -0.2) is 56.9 Å². The van der Waals surface area contributed by atoms with Crippen LogP contribution in [0, 0.1) is 6.92 Å². The summed E-state index contributed by atoms with van der Waals surface area (Å²) in [6, 6.07) is 8.60. The van der Waals surface area contributed by atoms with E-state index >= 15 is 0 Å². The highest BCUT2D eigenvalue weighted by Crippen LogP contribution is 2.08. The third-order valence-corrected chi connectivity index (χ3v) is 4.04. The van der Waals surface area contributed by atoms with E-state index in [0.29, 0.717) is 6.54 Å². The van der Waals surface area contributed by atoms with Crippen LogP contribution in [0.3, 0.4) is 0 Å². The van der Waals surface area contributed by atoms with E-state index < -0.39 is 0 Å². The summed E-state index contributed by atoms with van der Waals surface area (Å²) >= 11 is 0. The van der Waals surface area contributed by atoms with E-state index in [1.54, 1.807) is 7.11 Å². The molecule has 1 heterocycles. The molecular weight excluding hydrogens is 278 g/mol. The first-order valence-electron chi connectivity index (χ1n) is 7.98. The van der Waals surface area contributed by atoms with Gasteiger partial charge in [0, 0.05) is 39.3 Å². The first-order valence-corrected chi connectivity index (χ1v) is 7.98. The molecule has 22 heavy (non-hydrogen) atoms. The Bertz CT molecular complexity index is 461. The molecule has 0 aliphatic carbocycles. The molecule has 1 fully saturated rings. The monoisotopic (exact) mass is 305 g/mol. The second-order valence-corrected chi connectivity index (χ2v) is 5.91. The van der Waals surface area contributed by atoms with Crippen LogP contribution in [0.15, 0.2) is 24.3 Å². The summed E-state index contributed by atoms with van der Waals surface area (Å²) < 4.78 is 5.08. The molecule has 1 aromatic carbocycles. The number of ether oxygens (including phenoxy) is 1. The Labute approximate surface area is 133 Å². The van der Waals surface area contributed by atoms with E-state index in [1.807, 2.05) is 0 Å². The molecule has 2 amide bonds. The number of hydrogen-bond donors (Lipinski definition) is 2. The molecule has 1 atom stereocenters. The van der Waals surface area contributed by atoms with Gasteiger partial charge in [-0.15, -0.1) is 0 Å². The van der Waals surface area contributed by atoms with Crippen molar-refractivity contribution in [3.63, 3.8) is 0 Å². The molecule has 0 bridgehead atoms. The van der Waals surface area contributed by atoms with Crippen molar-refractivity contribution in [3.05, 3.63) is 35.4 Å². The Balaban J connectivity index is 1.61. The van der Waals surface area contributed by atoms with E-state index in [2.05, 4.69) is 46.7 Å². The zero-order valence-corrected chi connectivity index (χ0v) is 13.6. The Morgan fingerprint density at radius 3 is 2.86 bits per heavy atom. The zero-order chi connectivity index (χ0) is 15.8. The number of benzene rings is 1. The second kappa shape index (κ2) is 8.76. The molecule has 1 aliphatic heterocycles. The van der Waals surface area contributed by atoms with Gasteiger partial charge in [-0.3, -0.25) is 4.90 Å². The average Bonchev–Trinajstić information content (AvgIpc) is 2.94. The number of carbonyl (C=O) groups excluding carboxylic acids is 1. The summed E-state index contributed by atoms with van der Waals surface area (Å²) in [5, 5.41) is 5.99. The molecule has 122 valence electrons. The van der Waals surface area contributed by atoms with Crippen LogP contribution in [0.5, 0.6) is 0 Å². The Morgan fingerprint density at radius 2 is 2.14 bits per heavy atom. The maximum Gasteiger partial charge on any atom is 0.315 e. The Hall–Kier alpha value is -1.59. The van der Waals surface area contributed by atoms with Crippen LogP contribution in [0.4, 0.5) is 4.79 Å². The maximum absolute atomic E-state index is 11.9. The standard InChI is InChI=1S/C17H27N3O2/c1-14-3-5-15(6-4-14)7-9-18-17(21)19-16-8-10-20(13-16)11-12-22-2/h3-6,16H,7-13H2,1-2H3,(H2,18,19,21). The smallest absolute Gasteiger partial charge is 0.315 e. The molecule has 0 saturated carbocycles. The van der Waals surface area contributed by atoms with E-state index in [0.717, 1.165) is 39.1 Å². The molecule has 1 saturated heterocycles. The maximum atomic E-state index is 11.9. The van der Waals surface area contributed by atoms with E-state index in [1.165, 1.54) is 11.1 Å². The summed E-state index contributed by atoms with van der Waals surface area (Å²) in [4.78, 5) is 14.2. The fourth-order valence-corrected chi connectivity index (χ4v) is 2.69. The molecule has 5 nitrogen and oxygen atoms in total. The van der Waals surface area contributed by atoms with E-state index in [4.69, 9.17) is 4.74 Å². The minimum Gasteiger partial charge on any atom is -0.383 e. The van der Waals surface area contributed by atoms with Gasteiger partial charge in [-0.1, -0.05) is 29.8 Å². The van der Waals surface area contributed by atoms with Crippen molar-refractivity contribution in [2.75, 3.05) is 39.9 Å². The van der Waals surface area contributed by atoms with E-state index in [-0.39, 0.29) is 12.1 Å². The minimum atomic E-state index is -0.0642. The van der Waals surface area contributed by atoms with Crippen LogP contribution in [0.1, 0.15) is 17.5 Å². The number of hydrogen-bond acceptors (Lipinski definition) is 3. The first kappa shape index (κ1) is 16.8. The normalized spacial score (nSPS) is 18.4. The molecular formula is C17H27N3O2. The van der Waals surface area contributed by atoms with Gasteiger partial charge < -0.3 is 15.4 Å². The quantitative estimate of drug-likeness (QED) is 0.804. The van der Waals surface area contributed by atoms with Crippen LogP contribution < -0.4 is 10.6 Å². The molecule has 0 radical (unpaired) electrons. The van der Waals surface area contributed by atoms with Crippen molar-refractivity contribution >= 4 is 6.03 Å². The topological polar surface area (TPSA) is 53.6 Å². The molecule has 1 aliphatic rings. The van der Waals surface area contributed by atoms with Crippen molar-refractivity contribution in [2.45, 2.75) is 25.8 Å². The Morgan fingerprint density at radius 1 is 1.36 bits per heavy atom. The molecule has 0 spiro atoms. The summed E-state index contributed by atoms with van der Waals surface area (Å²) in [5.41, 5.74) is 2.51. The molecule has 1 unspecified atom stereocenters. The molecule has 2 N–H and O–H groups in total. The van der Waals surface area contributed by atoms with E-state index in [9.17, 15) is 4.79 Å².